The molecule has 2 heterocycles. The monoisotopic (exact) mass is 412 g/mol. The molecular weight excluding hydrogens is 388 g/mol. The Balaban J connectivity index is 1.42. The zero-order valence-corrected chi connectivity index (χ0v) is 17.3. The lowest BCUT2D eigenvalue weighted by Crippen LogP contribution is -2.33. The van der Waals surface area contributed by atoms with E-state index in [0.29, 0.717) is 18.4 Å². The van der Waals surface area contributed by atoms with Crippen LogP contribution in [0, 0.1) is 5.92 Å². The highest BCUT2D eigenvalue weighted by Gasteiger charge is 2.21. The summed E-state index contributed by atoms with van der Waals surface area (Å²) in [5.74, 6) is 1.88. The molecule has 29 heavy (non-hydrogen) atoms. The molecule has 1 atom stereocenters. The lowest BCUT2D eigenvalue weighted by Gasteiger charge is -2.23. The summed E-state index contributed by atoms with van der Waals surface area (Å²) in [4.78, 5) is 17.0. The Morgan fingerprint density at radius 3 is 2.72 bits per heavy atom. The number of benzene rings is 2. The zero-order valence-electron chi connectivity index (χ0n) is 16.5. The highest BCUT2D eigenvalue weighted by atomic mass is 32.2. The van der Waals surface area contributed by atoms with E-state index < -0.39 is 0 Å². The first-order chi connectivity index (χ1) is 14.1. The van der Waals surface area contributed by atoms with Gasteiger partial charge in [0.15, 0.2) is 17.1 Å². The van der Waals surface area contributed by atoms with Gasteiger partial charge in [-0.2, -0.15) is 0 Å². The molecule has 1 aliphatic rings. The maximum Gasteiger partial charge on any atom is 0.257 e. The number of carbonyl (C=O) groups is 1. The van der Waals surface area contributed by atoms with E-state index in [2.05, 4.69) is 24.1 Å². The van der Waals surface area contributed by atoms with Gasteiger partial charge in [0.05, 0.1) is 25.0 Å². The number of amides is 1. The summed E-state index contributed by atoms with van der Waals surface area (Å²) in [5, 5.41) is 3.63. The van der Waals surface area contributed by atoms with Gasteiger partial charge in [0, 0.05) is 6.42 Å². The third-order valence-corrected chi connectivity index (χ3v) is 5.54. The van der Waals surface area contributed by atoms with E-state index in [-0.39, 0.29) is 23.6 Å². The summed E-state index contributed by atoms with van der Waals surface area (Å²) in [7, 11) is 0. The van der Waals surface area contributed by atoms with Crippen molar-refractivity contribution in [2.24, 2.45) is 5.92 Å². The molecule has 1 N–H and O–H groups in total. The quantitative estimate of drug-likeness (QED) is 0.597. The molecule has 4 rings (SSSR count). The predicted octanol–water partition coefficient (Wildman–Crippen LogP) is 4.59. The fourth-order valence-corrected chi connectivity index (χ4v) is 3.91. The van der Waals surface area contributed by atoms with Gasteiger partial charge in [0.1, 0.15) is 5.52 Å². The van der Waals surface area contributed by atoms with E-state index in [9.17, 15) is 4.79 Å². The van der Waals surface area contributed by atoms with Crippen LogP contribution in [0.2, 0.25) is 0 Å². The van der Waals surface area contributed by atoms with Crippen LogP contribution in [-0.2, 0) is 4.79 Å². The Hall–Kier alpha value is -2.67. The highest BCUT2D eigenvalue weighted by molar-refractivity contribution is 7.99. The summed E-state index contributed by atoms with van der Waals surface area (Å²) in [6.45, 7) is 5.46. The van der Waals surface area contributed by atoms with Gasteiger partial charge in [-0.25, -0.2) is 4.98 Å². The Morgan fingerprint density at radius 1 is 1.14 bits per heavy atom. The van der Waals surface area contributed by atoms with Crippen molar-refractivity contribution >= 4 is 28.8 Å². The van der Waals surface area contributed by atoms with Gasteiger partial charge in [-0.1, -0.05) is 43.8 Å². The van der Waals surface area contributed by atoms with Crippen molar-refractivity contribution in [3.63, 3.8) is 0 Å². The van der Waals surface area contributed by atoms with Gasteiger partial charge in [0.25, 0.3) is 5.22 Å². The Bertz CT molecular complexity index is 968. The number of thioether (sulfide) groups is 1. The van der Waals surface area contributed by atoms with Crippen molar-refractivity contribution in [1.29, 1.82) is 0 Å². The number of ether oxygens (including phenoxy) is 2. The molecule has 2 aromatic carbocycles. The number of carbonyl (C=O) groups excluding carboxylic acids is 1. The van der Waals surface area contributed by atoms with Crippen LogP contribution in [0.25, 0.3) is 11.1 Å². The van der Waals surface area contributed by atoms with E-state index in [0.717, 1.165) is 34.6 Å². The second-order valence-electron chi connectivity index (χ2n) is 7.28. The summed E-state index contributed by atoms with van der Waals surface area (Å²) in [5.41, 5.74) is 2.52. The van der Waals surface area contributed by atoms with Gasteiger partial charge in [-0.05, 0) is 35.7 Å². The fraction of sp³-hybridized carbons (Fsp3) is 0.364. The van der Waals surface area contributed by atoms with Crippen LogP contribution < -0.4 is 14.8 Å². The first kappa shape index (κ1) is 19.6. The van der Waals surface area contributed by atoms with Crippen LogP contribution in [0.3, 0.4) is 0 Å². The Labute approximate surface area is 174 Å². The normalized spacial score (nSPS) is 14.6. The lowest BCUT2D eigenvalue weighted by molar-refractivity contribution is -0.119. The van der Waals surface area contributed by atoms with Crippen molar-refractivity contribution < 1.29 is 18.7 Å². The van der Waals surface area contributed by atoms with E-state index in [1.807, 2.05) is 42.5 Å². The number of oxazole rings is 1. The molecule has 6 nitrogen and oxygen atoms in total. The van der Waals surface area contributed by atoms with Gasteiger partial charge in [-0.3, -0.25) is 4.79 Å². The molecule has 0 radical (unpaired) electrons. The van der Waals surface area contributed by atoms with Crippen LogP contribution in [0.4, 0.5) is 0 Å². The average molecular weight is 413 g/mol. The standard InChI is InChI=1S/C22H24N2O4S/c1-14(2)21(15-8-9-18-19(12-15)27-11-5-10-26-18)24-20(25)13-29-22-23-16-6-3-4-7-17(16)28-22/h3-4,6-9,12,14,21H,5,10-11,13H2,1-2H3,(H,24,25)/t21-/m0/s1. The molecule has 7 heteroatoms. The first-order valence-corrected chi connectivity index (χ1v) is 10.8. The molecule has 0 saturated carbocycles. The second kappa shape index (κ2) is 8.78. The van der Waals surface area contributed by atoms with Crippen molar-refractivity contribution in [2.45, 2.75) is 31.5 Å². The van der Waals surface area contributed by atoms with Crippen LogP contribution >= 0.6 is 11.8 Å². The fourth-order valence-electron chi connectivity index (χ4n) is 3.26. The number of hydrogen-bond donors (Lipinski definition) is 1. The molecule has 3 aromatic rings. The van der Waals surface area contributed by atoms with Crippen LogP contribution in [0.5, 0.6) is 11.5 Å². The maximum atomic E-state index is 12.6. The SMILES string of the molecule is CC(C)[C@H](NC(=O)CSc1nc2ccccc2o1)c1ccc2c(c1)OCCCO2. The minimum absolute atomic E-state index is 0.0666. The lowest BCUT2D eigenvalue weighted by atomic mass is 9.95. The molecule has 0 aliphatic carbocycles. The number of para-hydroxylation sites is 2. The van der Waals surface area contributed by atoms with Gasteiger partial charge in [-0.15, -0.1) is 0 Å². The number of nitrogens with zero attached hydrogens (tertiary/aromatic N) is 1. The summed E-state index contributed by atoms with van der Waals surface area (Å²) < 4.78 is 17.2. The largest absolute Gasteiger partial charge is 0.490 e. The second-order valence-corrected chi connectivity index (χ2v) is 8.21. The Morgan fingerprint density at radius 2 is 1.93 bits per heavy atom. The van der Waals surface area contributed by atoms with E-state index in [1.165, 1.54) is 11.8 Å². The van der Waals surface area contributed by atoms with E-state index in [1.54, 1.807) is 0 Å². The Kier molecular flexibility index (Phi) is 5.94. The van der Waals surface area contributed by atoms with Crippen LogP contribution in [0.1, 0.15) is 31.9 Å². The van der Waals surface area contributed by atoms with Gasteiger partial charge >= 0.3 is 0 Å². The summed E-state index contributed by atoms with van der Waals surface area (Å²) in [6.07, 6.45) is 0.863. The molecule has 1 amide bonds. The van der Waals surface area contributed by atoms with Crippen molar-refractivity contribution in [1.82, 2.24) is 10.3 Å². The summed E-state index contributed by atoms with van der Waals surface area (Å²) in [6, 6.07) is 13.3. The van der Waals surface area contributed by atoms with E-state index in [4.69, 9.17) is 13.9 Å². The number of rotatable bonds is 6. The molecule has 1 aromatic heterocycles. The molecule has 0 bridgehead atoms. The number of hydrogen-bond acceptors (Lipinski definition) is 6. The number of nitrogens with one attached hydrogen (secondary N) is 1. The van der Waals surface area contributed by atoms with Crippen LogP contribution in [0.15, 0.2) is 52.1 Å². The average Bonchev–Trinajstić information content (AvgIpc) is 2.99. The minimum atomic E-state index is -0.121. The third-order valence-electron chi connectivity index (χ3n) is 4.71. The number of fused-ring (bicyclic) bond motifs is 2. The van der Waals surface area contributed by atoms with E-state index >= 15 is 0 Å². The topological polar surface area (TPSA) is 73.6 Å². The molecular formula is C22H24N2O4S. The zero-order chi connectivity index (χ0) is 20.2. The van der Waals surface area contributed by atoms with Gasteiger partial charge in [0.2, 0.25) is 5.91 Å². The number of aromatic nitrogens is 1. The molecule has 0 spiro atoms. The third kappa shape index (κ3) is 4.67. The first-order valence-electron chi connectivity index (χ1n) is 9.77. The molecule has 0 fully saturated rings. The van der Waals surface area contributed by atoms with Crippen molar-refractivity contribution in [3.05, 3.63) is 48.0 Å². The molecule has 1 aliphatic heterocycles. The predicted molar refractivity (Wildman–Crippen MR) is 113 cm³/mol. The van der Waals surface area contributed by atoms with Gasteiger partial charge < -0.3 is 19.2 Å². The minimum Gasteiger partial charge on any atom is -0.490 e. The molecule has 152 valence electrons. The van der Waals surface area contributed by atoms with Crippen molar-refractivity contribution in [2.75, 3.05) is 19.0 Å². The van der Waals surface area contributed by atoms with Crippen LogP contribution in [-0.4, -0.2) is 29.9 Å². The maximum absolute atomic E-state index is 12.6. The molecule has 0 saturated heterocycles. The smallest absolute Gasteiger partial charge is 0.257 e. The highest BCUT2D eigenvalue weighted by Crippen LogP contribution is 2.34. The molecule has 0 unspecified atom stereocenters. The summed E-state index contributed by atoms with van der Waals surface area (Å²) >= 11 is 1.29. The van der Waals surface area contributed by atoms with Crippen molar-refractivity contribution in [3.8, 4) is 11.5 Å².